The largest absolute Gasteiger partial charge is 0.480 e. The van der Waals surface area contributed by atoms with Gasteiger partial charge in [-0.05, 0) is 36.8 Å². The quantitative estimate of drug-likeness (QED) is 0.749. The molecule has 2 heterocycles. The number of carboxylic acid groups (broad SMARTS) is 1. The summed E-state index contributed by atoms with van der Waals surface area (Å²) < 4.78 is 10.7. The summed E-state index contributed by atoms with van der Waals surface area (Å²) in [4.78, 5) is 15.7. The van der Waals surface area contributed by atoms with Crippen LogP contribution in [0, 0.1) is 6.92 Å². The molecule has 3 aromatic rings. The number of aliphatic carboxylic acids is 1. The summed E-state index contributed by atoms with van der Waals surface area (Å²) in [5, 5.41) is 12.2. The van der Waals surface area contributed by atoms with Crippen LogP contribution in [0.15, 0.2) is 45.4 Å². The maximum atomic E-state index is 11.4. The van der Waals surface area contributed by atoms with Gasteiger partial charge in [-0.15, -0.1) is 0 Å². The molecule has 0 saturated carbocycles. The Kier molecular flexibility index (Phi) is 3.45. The van der Waals surface area contributed by atoms with Crippen molar-refractivity contribution >= 4 is 17.1 Å². The summed E-state index contributed by atoms with van der Waals surface area (Å²) in [6.45, 7) is 2.22. The molecule has 108 valence electrons. The summed E-state index contributed by atoms with van der Waals surface area (Å²) in [5.41, 5.74) is 2.26. The van der Waals surface area contributed by atoms with Gasteiger partial charge in [0.05, 0.1) is 12.8 Å². The van der Waals surface area contributed by atoms with Crippen LogP contribution in [0.5, 0.6) is 0 Å². The number of hydrogen-bond donors (Lipinski definition) is 2. The van der Waals surface area contributed by atoms with Gasteiger partial charge in [0.25, 0.3) is 0 Å². The predicted octanol–water partition coefficient (Wildman–Crippen LogP) is 2.64. The van der Waals surface area contributed by atoms with Gasteiger partial charge < -0.3 is 13.9 Å². The number of carbonyl (C=O) groups is 1. The number of carboxylic acids is 1. The van der Waals surface area contributed by atoms with E-state index in [1.807, 2.05) is 19.1 Å². The van der Waals surface area contributed by atoms with Gasteiger partial charge in [0.1, 0.15) is 11.3 Å². The molecular formula is C15H14N2O4. The van der Waals surface area contributed by atoms with E-state index in [9.17, 15) is 9.90 Å². The van der Waals surface area contributed by atoms with Crippen LogP contribution in [0.4, 0.5) is 0 Å². The molecule has 1 unspecified atom stereocenters. The number of nitrogens with one attached hydrogen (secondary N) is 1. The molecule has 2 aromatic heterocycles. The molecule has 0 bridgehead atoms. The first-order valence-electron chi connectivity index (χ1n) is 6.49. The van der Waals surface area contributed by atoms with E-state index in [0.29, 0.717) is 16.9 Å². The molecule has 0 aliphatic heterocycles. The summed E-state index contributed by atoms with van der Waals surface area (Å²) in [7, 11) is 0. The zero-order valence-electron chi connectivity index (χ0n) is 11.4. The highest BCUT2D eigenvalue weighted by Gasteiger charge is 2.25. The smallest absolute Gasteiger partial charge is 0.330 e. The number of rotatable bonds is 5. The minimum absolute atomic E-state index is 0.134. The average molecular weight is 286 g/mol. The molecule has 0 saturated heterocycles. The van der Waals surface area contributed by atoms with Crippen molar-refractivity contribution in [3.63, 3.8) is 0 Å². The summed E-state index contributed by atoms with van der Waals surface area (Å²) in [6, 6.07) is 8.02. The SMILES string of the molecule is Cc1ccc2oc(C(NCc3ccco3)C(=O)O)nc2c1. The maximum Gasteiger partial charge on any atom is 0.330 e. The molecule has 1 aromatic carbocycles. The van der Waals surface area contributed by atoms with Crippen LogP contribution in [0.1, 0.15) is 23.3 Å². The van der Waals surface area contributed by atoms with E-state index in [0.717, 1.165) is 5.56 Å². The third-order valence-corrected chi connectivity index (χ3v) is 3.11. The Balaban J connectivity index is 1.86. The molecule has 1 atom stereocenters. The highest BCUT2D eigenvalue weighted by atomic mass is 16.4. The van der Waals surface area contributed by atoms with Gasteiger partial charge in [-0.3, -0.25) is 5.32 Å². The first-order chi connectivity index (χ1) is 10.1. The fraction of sp³-hybridized carbons (Fsp3) is 0.200. The van der Waals surface area contributed by atoms with Gasteiger partial charge in [0, 0.05) is 0 Å². The number of hydrogen-bond acceptors (Lipinski definition) is 5. The van der Waals surface area contributed by atoms with Crippen molar-refractivity contribution in [2.24, 2.45) is 0 Å². The topological polar surface area (TPSA) is 88.5 Å². The predicted molar refractivity (Wildman–Crippen MR) is 74.7 cm³/mol. The van der Waals surface area contributed by atoms with Crippen molar-refractivity contribution in [1.82, 2.24) is 10.3 Å². The Bertz CT molecular complexity index is 761. The standard InChI is InChI=1S/C15H14N2O4/c1-9-4-5-12-11(7-9)17-14(21-12)13(15(18)19)16-8-10-3-2-6-20-10/h2-7,13,16H,8H2,1H3,(H,18,19). The summed E-state index contributed by atoms with van der Waals surface area (Å²) in [5.74, 6) is -0.271. The number of nitrogens with zero attached hydrogens (tertiary/aromatic N) is 1. The molecule has 21 heavy (non-hydrogen) atoms. The molecule has 0 fully saturated rings. The van der Waals surface area contributed by atoms with Crippen molar-refractivity contribution in [2.45, 2.75) is 19.5 Å². The molecule has 0 aliphatic carbocycles. The van der Waals surface area contributed by atoms with E-state index in [2.05, 4.69) is 10.3 Å². The van der Waals surface area contributed by atoms with Crippen molar-refractivity contribution in [3.8, 4) is 0 Å². The summed E-state index contributed by atoms with van der Waals surface area (Å²) in [6.07, 6.45) is 1.54. The normalized spacial score (nSPS) is 12.6. The van der Waals surface area contributed by atoms with Crippen LogP contribution in [-0.2, 0) is 11.3 Å². The zero-order valence-corrected chi connectivity index (χ0v) is 11.4. The molecule has 0 aliphatic rings. The van der Waals surface area contributed by atoms with Crippen molar-refractivity contribution in [2.75, 3.05) is 0 Å². The van der Waals surface area contributed by atoms with E-state index in [1.54, 1.807) is 18.2 Å². The number of benzene rings is 1. The van der Waals surface area contributed by atoms with Gasteiger partial charge in [-0.25, -0.2) is 9.78 Å². The van der Waals surface area contributed by atoms with Crippen molar-refractivity contribution in [3.05, 3.63) is 53.8 Å². The Morgan fingerprint density at radius 1 is 1.43 bits per heavy atom. The van der Waals surface area contributed by atoms with E-state index in [-0.39, 0.29) is 12.4 Å². The van der Waals surface area contributed by atoms with Crippen LogP contribution < -0.4 is 5.32 Å². The Morgan fingerprint density at radius 2 is 2.29 bits per heavy atom. The number of fused-ring (bicyclic) bond motifs is 1. The fourth-order valence-electron chi connectivity index (χ4n) is 2.07. The second-order valence-corrected chi connectivity index (χ2v) is 4.75. The van der Waals surface area contributed by atoms with Gasteiger partial charge in [0.15, 0.2) is 11.6 Å². The molecule has 0 radical (unpaired) electrons. The number of oxazole rings is 1. The van der Waals surface area contributed by atoms with Crippen LogP contribution in [0.3, 0.4) is 0 Å². The first-order valence-corrected chi connectivity index (χ1v) is 6.49. The lowest BCUT2D eigenvalue weighted by Crippen LogP contribution is -2.28. The van der Waals surface area contributed by atoms with Crippen molar-refractivity contribution < 1.29 is 18.7 Å². The second kappa shape index (κ2) is 5.41. The molecule has 0 spiro atoms. The van der Waals surface area contributed by atoms with E-state index >= 15 is 0 Å². The molecule has 3 rings (SSSR count). The van der Waals surface area contributed by atoms with Crippen LogP contribution in [0.25, 0.3) is 11.1 Å². The van der Waals surface area contributed by atoms with Gasteiger partial charge >= 0.3 is 5.97 Å². The second-order valence-electron chi connectivity index (χ2n) is 4.75. The third kappa shape index (κ3) is 2.80. The van der Waals surface area contributed by atoms with E-state index in [1.165, 1.54) is 6.26 Å². The highest BCUT2D eigenvalue weighted by Crippen LogP contribution is 2.21. The lowest BCUT2D eigenvalue weighted by Gasteiger charge is -2.09. The number of aryl methyl sites for hydroxylation is 1. The third-order valence-electron chi connectivity index (χ3n) is 3.11. The minimum Gasteiger partial charge on any atom is -0.480 e. The van der Waals surface area contributed by atoms with Gasteiger partial charge in [-0.1, -0.05) is 6.07 Å². The van der Waals surface area contributed by atoms with Crippen LogP contribution in [-0.4, -0.2) is 16.1 Å². The van der Waals surface area contributed by atoms with Gasteiger partial charge in [0.2, 0.25) is 5.89 Å². The molecule has 6 nitrogen and oxygen atoms in total. The zero-order chi connectivity index (χ0) is 14.8. The molecule has 6 heteroatoms. The highest BCUT2D eigenvalue weighted by molar-refractivity contribution is 5.77. The maximum absolute atomic E-state index is 11.4. The Morgan fingerprint density at radius 3 is 3.00 bits per heavy atom. The first kappa shape index (κ1) is 13.4. The molecule has 2 N–H and O–H groups in total. The monoisotopic (exact) mass is 286 g/mol. The Labute approximate surface area is 120 Å². The Hall–Kier alpha value is -2.60. The van der Waals surface area contributed by atoms with Crippen molar-refractivity contribution in [1.29, 1.82) is 0 Å². The number of furan rings is 1. The van der Waals surface area contributed by atoms with E-state index < -0.39 is 12.0 Å². The van der Waals surface area contributed by atoms with Gasteiger partial charge in [-0.2, -0.15) is 0 Å². The van der Waals surface area contributed by atoms with Crippen LogP contribution in [0.2, 0.25) is 0 Å². The minimum atomic E-state index is -1.05. The lowest BCUT2D eigenvalue weighted by atomic mass is 10.2. The lowest BCUT2D eigenvalue weighted by molar-refractivity contribution is -0.140. The molecular weight excluding hydrogens is 272 g/mol. The summed E-state index contributed by atoms with van der Waals surface area (Å²) >= 11 is 0. The fourth-order valence-corrected chi connectivity index (χ4v) is 2.07. The van der Waals surface area contributed by atoms with Crippen LogP contribution >= 0.6 is 0 Å². The van der Waals surface area contributed by atoms with E-state index in [4.69, 9.17) is 8.83 Å². The number of aromatic nitrogens is 1. The average Bonchev–Trinajstić information content (AvgIpc) is 3.07. The molecule has 0 amide bonds.